The summed E-state index contributed by atoms with van der Waals surface area (Å²) in [5, 5.41) is 0. The van der Waals surface area contributed by atoms with E-state index in [0.29, 0.717) is 5.75 Å². The Morgan fingerprint density at radius 1 is 1.15 bits per heavy atom. The maximum Gasteiger partial charge on any atom is 0.314 e. The molecule has 0 N–H and O–H groups in total. The molecule has 1 aliphatic carbocycles. The van der Waals surface area contributed by atoms with Crippen LogP contribution in [-0.2, 0) is 11.2 Å². The van der Waals surface area contributed by atoms with E-state index in [2.05, 4.69) is 26.0 Å². The van der Waals surface area contributed by atoms with E-state index < -0.39 is 0 Å². The van der Waals surface area contributed by atoms with E-state index in [-0.39, 0.29) is 11.9 Å². The van der Waals surface area contributed by atoms with Crippen molar-refractivity contribution < 1.29 is 9.53 Å². The van der Waals surface area contributed by atoms with Crippen LogP contribution in [0.3, 0.4) is 0 Å². The van der Waals surface area contributed by atoms with Gasteiger partial charge in [0.25, 0.3) is 0 Å². The Morgan fingerprint density at radius 2 is 1.80 bits per heavy atom. The number of esters is 1. The lowest BCUT2D eigenvalue weighted by atomic mass is 9.83. The highest BCUT2D eigenvalue weighted by atomic mass is 16.5. The SMILES string of the molecule is CCCCc1ccc(OC(=O)C2CCC(C)CC2)cc1. The summed E-state index contributed by atoms with van der Waals surface area (Å²) in [6.45, 7) is 4.46. The van der Waals surface area contributed by atoms with Gasteiger partial charge in [-0.05, 0) is 62.1 Å². The van der Waals surface area contributed by atoms with E-state index in [1.54, 1.807) is 0 Å². The lowest BCUT2D eigenvalue weighted by Crippen LogP contribution is -2.24. The molecule has 0 aliphatic heterocycles. The highest BCUT2D eigenvalue weighted by Gasteiger charge is 2.25. The van der Waals surface area contributed by atoms with Gasteiger partial charge in [-0.3, -0.25) is 4.79 Å². The molecule has 0 radical (unpaired) electrons. The monoisotopic (exact) mass is 274 g/mol. The molecule has 0 amide bonds. The third-order valence-electron chi connectivity index (χ3n) is 4.31. The van der Waals surface area contributed by atoms with E-state index in [1.165, 1.54) is 18.4 Å². The van der Waals surface area contributed by atoms with Gasteiger partial charge < -0.3 is 4.74 Å². The first-order valence-corrected chi connectivity index (χ1v) is 7.99. The molecular formula is C18H26O2. The minimum absolute atomic E-state index is 0.0433. The fourth-order valence-corrected chi connectivity index (χ4v) is 2.80. The zero-order valence-electron chi connectivity index (χ0n) is 12.7. The van der Waals surface area contributed by atoms with Gasteiger partial charge in [0.1, 0.15) is 5.75 Å². The molecule has 1 aromatic rings. The molecule has 1 saturated carbocycles. The molecule has 110 valence electrons. The number of aryl methyl sites for hydroxylation is 1. The minimum Gasteiger partial charge on any atom is -0.426 e. The van der Waals surface area contributed by atoms with Crippen LogP contribution in [-0.4, -0.2) is 5.97 Å². The first-order valence-electron chi connectivity index (χ1n) is 7.99. The zero-order valence-corrected chi connectivity index (χ0v) is 12.7. The molecule has 1 aliphatic rings. The molecule has 0 bridgehead atoms. The van der Waals surface area contributed by atoms with Crippen LogP contribution in [0.2, 0.25) is 0 Å². The molecule has 2 nitrogen and oxygen atoms in total. The predicted octanol–water partition coefficient (Wildman–Crippen LogP) is 4.76. The molecule has 0 spiro atoms. The number of rotatable bonds is 5. The first kappa shape index (κ1) is 15.1. The van der Waals surface area contributed by atoms with Crippen molar-refractivity contribution >= 4 is 5.97 Å². The quantitative estimate of drug-likeness (QED) is 0.571. The second kappa shape index (κ2) is 7.47. The summed E-state index contributed by atoms with van der Waals surface area (Å²) in [6, 6.07) is 7.99. The second-order valence-corrected chi connectivity index (χ2v) is 6.13. The number of ether oxygens (including phenoxy) is 1. The molecule has 0 unspecified atom stereocenters. The van der Waals surface area contributed by atoms with Gasteiger partial charge in [-0.2, -0.15) is 0 Å². The summed E-state index contributed by atoms with van der Waals surface area (Å²) in [7, 11) is 0. The van der Waals surface area contributed by atoms with Crippen LogP contribution in [0.4, 0.5) is 0 Å². The van der Waals surface area contributed by atoms with Crippen molar-refractivity contribution in [2.45, 2.75) is 58.8 Å². The summed E-state index contributed by atoms with van der Waals surface area (Å²) in [6.07, 6.45) is 7.77. The van der Waals surface area contributed by atoms with Gasteiger partial charge >= 0.3 is 5.97 Å². The number of carbonyl (C=O) groups is 1. The Labute approximate surface area is 122 Å². The van der Waals surface area contributed by atoms with Crippen LogP contribution in [0, 0.1) is 11.8 Å². The standard InChI is InChI=1S/C18H26O2/c1-3-4-5-15-8-12-17(13-9-15)20-18(19)16-10-6-14(2)7-11-16/h8-9,12-14,16H,3-7,10-11H2,1-2H3. The summed E-state index contributed by atoms with van der Waals surface area (Å²) >= 11 is 0. The van der Waals surface area contributed by atoms with Crippen molar-refractivity contribution in [2.24, 2.45) is 11.8 Å². The molecule has 1 fully saturated rings. The normalized spacial score (nSPS) is 22.5. The molecule has 1 aromatic carbocycles. The van der Waals surface area contributed by atoms with Gasteiger partial charge in [-0.1, -0.05) is 32.4 Å². The Balaban J connectivity index is 1.84. The predicted molar refractivity (Wildman–Crippen MR) is 81.8 cm³/mol. The fourth-order valence-electron chi connectivity index (χ4n) is 2.80. The van der Waals surface area contributed by atoms with Crippen LogP contribution < -0.4 is 4.74 Å². The van der Waals surface area contributed by atoms with Crippen LogP contribution in [0.25, 0.3) is 0 Å². The smallest absolute Gasteiger partial charge is 0.314 e. The van der Waals surface area contributed by atoms with Crippen molar-refractivity contribution in [3.63, 3.8) is 0 Å². The van der Waals surface area contributed by atoms with Crippen molar-refractivity contribution in [1.82, 2.24) is 0 Å². The summed E-state index contributed by atoms with van der Waals surface area (Å²) < 4.78 is 5.51. The third kappa shape index (κ3) is 4.36. The average Bonchev–Trinajstić information content (AvgIpc) is 2.47. The summed E-state index contributed by atoms with van der Waals surface area (Å²) in [5.41, 5.74) is 1.32. The highest BCUT2D eigenvalue weighted by molar-refractivity contribution is 5.75. The molecule has 2 rings (SSSR count). The summed E-state index contributed by atoms with van der Waals surface area (Å²) in [5.74, 6) is 1.51. The summed E-state index contributed by atoms with van der Waals surface area (Å²) in [4.78, 5) is 12.1. The van der Waals surface area contributed by atoms with E-state index in [1.807, 2.05) is 12.1 Å². The van der Waals surface area contributed by atoms with E-state index in [0.717, 1.165) is 38.0 Å². The first-order chi connectivity index (χ1) is 9.69. The van der Waals surface area contributed by atoms with E-state index in [4.69, 9.17) is 4.74 Å². The number of benzene rings is 1. The van der Waals surface area contributed by atoms with E-state index in [9.17, 15) is 4.79 Å². The van der Waals surface area contributed by atoms with Gasteiger partial charge in [0, 0.05) is 0 Å². The van der Waals surface area contributed by atoms with Crippen molar-refractivity contribution in [1.29, 1.82) is 0 Å². The average molecular weight is 274 g/mol. The number of unbranched alkanes of at least 4 members (excludes halogenated alkanes) is 1. The lowest BCUT2D eigenvalue weighted by Gasteiger charge is -2.24. The minimum atomic E-state index is -0.0433. The number of hydrogen-bond donors (Lipinski definition) is 0. The molecule has 20 heavy (non-hydrogen) atoms. The molecule has 2 heteroatoms. The van der Waals surface area contributed by atoms with Crippen molar-refractivity contribution in [3.05, 3.63) is 29.8 Å². The Morgan fingerprint density at radius 3 is 2.40 bits per heavy atom. The zero-order chi connectivity index (χ0) is 14.4. The van der Waals surface area contributed by atoms with Crippen LogP contribution in [0.5, 0.6) is 5.75 Å². The number of carbonyl (C=O) groups excluding carboxylic acids is 1. The topological polar surface area (TPSA) is 26.3 Å². The van der Waals surface area contributed by atoms with Crippen molar-refractivity contribution in [3.8, 4) is 5.75 Å². The maximum absolute atomic E-state index is 12.1. The molecule has 0 heterocycles. The van der Waals surface area contributed by atoms with Crippen molar-refractivity contribution in [2.75, 3.05) is 0 Å². The van der Waals surface area contributed by atoms with Crippen LogP contribution >= 0.6 is 0 Å². The van der Waals surface area contributed by atoms with Gasteiger partial charge in [-0.15, -0.1) is 0 Å². The largest absolute Gasteiger partial charge is 0.426 e. The Bertz CT molecular complexity index is 414. The van der Waals surface area contributed by atoms with Crippen LogP contribution in [0.15, 0.2) is 24.3 Å². The number of hydrogen-bond acceptors (Lipinski definition) is 2. The second-order valence-electron chi connectivity index (χ2n) is 6.13. The molecule has 0 atom stereocenters. The third-order valence-corrected chi connectivity index (χ3v) is 4.31. The van der Waals surface area contributed by atoms with E-state index >= 15 is 0 Å². The van der Waals surface area contributed by atoms with Gasteiger partial charge in [0.05, 0.1) is 5.92 Å². The molecule has 0 saturated heterocycles. The lowest BCUT2D eigenvalue weighted by molar-refractivity contribution is -0.140. The Hall–Kier alpha value is -1.31. The highest BCUT2D eigenvalue weighted by Crippen LogP contribution is 2.29. The van der Waals surface area contributed by atoms with Gasteiger partial charge in [0.2, 0.25) is 0 Å². The van der Waals surface area contributed by atoms with Gasteiger partial charge in [-0.25, -0.2) is 0 Å². The van der Waals surface area contributed by atoms with Crippen LogP contribution in [0.1, 0.15) is 57.9 Å². The Kier molecular flexibility index (Phi) is 5.63. The molecular weight excluding hydrogens is 248 g/mol. The van der Waals surface area contributed by atoms with Gasteiger partial charge in [0.15, 0.2) is 0 Å². The molecule has 0 aromatic heterocycles. The fraction of sp³-hybridized carbons (Fsp3) is 0.611. The maximum atomic E-state index is 12.1.